The van der Waals surface area contributed by atoms with Crippen LogP contribution in [0.5, 0.6) is 0 Å². The molecule has 0 rings (SSSR count). The molecule has 0 aromatic heterocycles. The van der Waals surface area contributed by atoms with Crippen molar-refractivity contribution in [3.63, 3.8) is 0 Å². The molecule has 0 aliphatic rings. The number of rotatable bonds is 7. The first-order chi connectivity index (χ1) is 7.41. The molecule has 0 saturated carbocycles. The Hall–Kier alpha value is -0.830. The van der Waals surface area contributed by atoms with E-state index >= 15 is 0 Å². The Bertz CT molecular complexity index is 224. The molecule has 1 amide bonds. The van der Waals surface area contributed by atoms with Gasteiger partial charge >= 0.3 is 0 Å². The quantitative estimate of drug-likeness (QED) is 0.534. The summed E-state index contributed by atoms with van der Waals surface area (Å²) in [6, 6.07) is -0.173. The second kappa shape index (κ2) is 7.44. The van der Waals surface area contributed by atoms with Gasteiger partial charge in [0.05, 0.1) is 6.04 Å². The van der Waals surface area contributed by atoms with Crippen molar-refractivity contribution in [2.24, 2.45) is 11.7 Å². The number of allylic oxidation sites excluding steroid dienone is 1. The molecule has 0 radical (unpaired) electrons. The summed E-state index contributed by atoms with van der Waals surface area (Å²) in [4.78, 5) is 14.0. The fraction of sp³-hybridized carbons (Fsp3) is 0.769. The van der Waals surface area contributed by atoms with Gasteiger partial charge in [-0.1, -0.05) is 19.9 Å². The van der Waals surface area contributed by atoms with Crippen LogP contribution in [0.15, 0.2) is 12.7 Å². The van der Waals surface area contributed by atoms with Crippen LogP contribution in [0.1, 0.15) is 40.5 Å². The molecule has 0 aromatic carbocycles. The summed E-state index contributed by atoms with van der Waals surface area (Å²) in [5.74, 6) is 0.252. The number of unbranched alkanes of at least 4 members (excludes halogenated alkanes) is 1. The van der Waals surface area contributed by atoms with Crippen molar-refractivity contribution in [3.8, 4) is 0 Å². The van der Waals surface area contributed by atoms with Gasteiger partial charge in [0, 0.05) is 12.6 Å². The number of carbonyl (C=O) groups is 1. The number of hydrogen-bond donors (Lipinski definition) is 1. The smallest absolute Gasteiger partial charge is 0.239 e. The van der Waals surface area contributed by atoms with Crippen LogP contribution < -0.4 is 5.73 Å². The lowest BCUT2D eigenvalue weighted by molar-refractivity contribution is -0.135. The maximum atomic E-state index is 12.1. The number of nitrogens with two attached hydrogens (primary N) is 1. The lowest BCUT2D eigenvalue weighted by atomic mass is 10.0. The van der Waals surface area contributed by atoms with E-state index in [0.717, 1.165) is 19.4 Å². The molecule has 0 bridgehead atoms. The Balaban J connectivity index is 4.40. The van der Waals surface area contributed by atoms with E-state index in [1.54, 1.807) is 0 Å². The van der Waals surface area contributed by atoms with Crippen molar-refractivity contribution < 1.29 is 4.79 Å². The van der Waals surface area contributed by atoms with Crippen molar-refractivity contribution >= 4 is 5.91 Å². The van der Waals surface area contributed by atoms with Gasteiger partial charge in [0.2, 0.25) is 5.91 Å². The summed E-state index contributed by atoms with van der Waals surface area (Å²) in [6.45, 7) is 12.5. The van der Waals surface area contributed by atoms with Gasteiger partial charge in [-0.2, -0.15) is 0 Å². The predicted molar refractivity (Wildman–Crippen MR) is 69.1 cm³/mol. The third kappa shape index (κ3) is 4.79. The van der Waals surface area contributed by atoms with Crippen LogP contribution in [0.3, 0.4) is 0 Å². The molecular formula is C13H26N2O. The summed E-state index contributed by atoms with van der Waals surface area (Å²) >= 11 is 0. The molecule has 0 aliphatic heterocycles. The van der Waals surface area contributed by atoms with Gasteiger partial charge in [0.1, 0.15) is 0 Å². The highest BCUT2D eigenvalue weighted by molar-refractivity contribution is 5.82. The number of amides is 1. The van der Waals surface area contributed by atoms with Gasteiger partial charge in [0.15, 0.2) is 0 Å². The normalized spacial score (nSPS) is 12.9. The van der Waals surface area contributed by atoms with Crippen molar-refractivity contribution in [1.82, 2.24) is 4.90 Å². The monoisotopic (exact) mass is 226 g/mol. The zero-order valence-electron chi connectivity index (χ0n) is 11.1. The highest BCUT2D eigenvalue weighted by Crippen LogP contribution is 2.08. The number of carbonyl (C=O) groups excluding carboxylic acids is 1. The first-order valence-corrected chi connectivity index (χ1v) is 6.08. The van der Waals surface area contributed by atoms with Crippen molar-refractivity contribution in [2.45, 2.75) is 52.6 Å². The molecule has 0 aromatic rings. The Kier molecular flexibility index (Phi) is 7.06. The minimum absolute atomic E-state index is 0.0639. The molecule has 0 aliphatic carbocycles. The van der Waals surface area contributed by atoms with E-state index in [1.165, 1.54) is 0 Å². The molecule has 3 nitrogen and oxygen atoms in total. The third-order valence-corrected chi connectivity index (χ3v) is 2.72. The standard InChI is InChI=1S/C13H26N2O/c1-6-7-8-9-15(11(4)5)13(16)12(14)10(2)3/h6,10-12H,1,7-9,14H2,2-5H3. The van der Waals surface area contributed by atoms with Crippen LogP contribution in [0.4, 0.5) is 0 Å². The summed E-state index contributed by atoms with van der Waals surface area (Å²) in [6.07, 6.45) is 3.77. The second-order valence-electron chi connectivity index (χ2n) is 4.83. The van der Waals surface area contributed by atoms with Crippen LogP contribution in [0.25, 0.3) is 0 Å². The average molecular weight is 226 g/mol. The van der Waals surface area contributed by atoms with Crippen molar-refractivity contribution in [3.05, 3.63) is 12.7 Å². The molecule has 1 atom stereocenters. The van der Waals surface area contributed by atoms with E-state index < -0.39 is 0 Å². The topological polar surface area (TPSA) is 46.3 Å². The van der Waals surface area contributed by atoms with Crippen LogP contribution in [0, 0.1) is 5.92 Å². The lowest BCUT2D eigenvalue weighted by Gasteiger charge is -2.30. The van der Waals surface area contributed by atoms with E-state index in [0.29, 0.717) is 0 Å². The van der Waals surface area contributed by atoms with Crippen LogP contribution in [0.2, 0.25) is 0 Å². The largest absolute Gasteiger partial charge is 0.339 e. The van der Waals surface area contributed by atoms with Crippen molar-refractivity contribution in [1.29, 1.82) is 0 Å². The molecule has 1 unspecified atom stereocenters. The van der Waals surface area contributed by atoms with E-state index in [2.05, 4.69) is 6.58 Å². The first-order valence-electron chi connectivity index (χ1n) is 6.08. The third-order valence-electron chi connectivity index (χ3n) is 2.72. The van der Waals surface area contributed by atoms with Gasteiger partial charge in [-0.15, -0.1) is 6.58 Å². The molecule has 0 fully saturated rings. The van der Waals surface area contributed by atoms with Crippen LogP contribution in [-0.2, 0) is 4.79 Å². The highest BCUT2D eigenvalue weighted by Gasteiger charge is 2.24. The molecule has 3 heteroatoms. The summed E-state index contributed by atoms with van der Waals surface area (Å²) < 4.78 is 0. The van der Waals surface area contributed by atoms with Gasteiger partial charge < -0.3 is 10.6 Å². The van der Waals surface area contributed by atoms with Crippen LogP contribution >= 0.6 is 0 Å². The lowest BCUT2D eigenvalue weighted by Crippen LogP contribution is -2.49. The number of hydrogen-bond acceptors (Lipinski definition) is 2. The highest BCUT2D eigenvalue weighted by atomic mass is 16.2. The Morgan fingerprint density at radius 1 is 1.38 bits per heavy atom. The number of nitrogens with zero attached hydrogens (tertiary/aromatic N) is 1. The first kappa shape index (κ1) is 15.2. The maximum Gasteiger partial charge on any atom is 0.239 e. The van der Waals surface area contributed by atoms with Gasteiger partial charge in [-0.05, 0) is 32.6 Å². The molecular weight excluding hydrogens is 200 g/mol. The predicted octanol–water partition coefficient (Wildman–Crippen LogP) is 2.17. The van der Waals surface area contributed by atoms with E-state index in [1.807, 2.05) is 38.7 Å². The molecule has 16 heavy (non-hydrogen) atoms. The molecule has 0 spiro atoms. The van der Waals surface area contributed by atoms with Gasteiger partial charge in [0.25, 0.3) is 0 Å². The molecule has 0 saturated heterocycles. The summed E-state index contributed by atoms with van der Waals surface area (Å²) in [5.41, 5.74) is 5.89. The fourth-order valence-corrected chi connectivity index (χ4v) is 1.51. The zero-order chi connectivity index (χ0) is 12.7. The van der Waals surface area contributed by atoms with Gasteiger partial charge in [-0.3, -0.25) is 4.79 Å². The second-order valence-corrected chi connectivity index (χ2v) is 4.83. The minimum atomic E-state index is -0.383. The van der Waals surface area contributed by atoms with E-state index in [4.69, 9.17) is 5.73 Å². The Labute approximate surface area is 99.7 Å². The van der Waals surface area contributed by atoms with Gasteiger partial charge in [-0.25, -0.2) is 0 Å². The molecule has 0 heterocycles. The zero-order valence-corrected chi connectivity index (χ0v) is 11.1. The van der Waals surface area contributed by atoms with E-state index in [-0.39, 0.29) is 23.9 Å². The Morgan fingerprint density at radius 2 is 1.94 bits per heavy atom. The van der Waals surface area contributed by atoms with Crippen molar-refractivity contribution in [2.75, 3.05) is 6.54 Å². The van der Waals surface area contributed by atoms with Crippen LogP contribution in [-0.4, -0.2) is 29.4 Å². The van der Waals surface area contributed by atoms with E-state index in [9.17, 15) is 4.79 Å². The summed E-state index contributed by atoms with van der Waals surface area (Å²) in [5, 5.41) is 0. The molecule has 2 N–H and O–H groups in total. The fourth-order valence-electron chi connectivity index (χ4n) is 1.51. The minimum Gasteiger partial charge on any atom is -0.339 e. The maximum absolute atomic E-state index is 12.1. The SMILES string of the molecule is C=CCCCN(C(=O)C(N)C(C)C)C(C)C. The Morgan fingerprint density at radius 3 is 2.31 bits per heavy atom. The molecule has 94 valence electrons. The summed E-state index contributed by atoms with van der Waals surface area (Å²) in [7, 11) is 0. The average Bonchev–Trinajstić information content (AvgIpc) is 2.21.